The predicted octanol–water partition coefficient (Wildman–Crippen LogP) is 4.54. The van der Waals surface area contributed by atoms with E-state index < -0.39 is 0 Å². The number of ether oxygens (including phenoxy) is 2. The fourth-order valence-corrected chi connectivity index (χ4v) is 3.64. The molecule has 0 unspecified atom stereocenters. The fourth-order valence-electron chi connectivity index (χ4n) is 3.64. The van der Waals surface area contributed by atoms with Crippen molar-refractivity contribution >= 4 is 11.6 Å². The van der Waals surface area contributed by atoms with Gasteiger partial charge in [-0.1, -0.05) is 38.8 Å². The molecular weight excluding hydrogens is 302 g/mol. The Labute approximate surface area is 144 Å². The second-order valence-electron chi connectivity index (χ2n) is 7.67. The summed E-state index contributed by atoms with van der Waals surface area (Å²) in [5.41, 5.74) is 3.23. The third-order valence-electron chi connectivity index (χ3n) is 5.08. The van der Waals surface area contributed by atoms with Gasteiger partial charge in [-0.3, -0.25) is 4.79 Å². The van der Waals surface area contributed by atoms with Gasteiger partial charge in [-0.25, -0.2) is 0 Å². The van der Waals surface area contributed by atoms with E-state index >= 15 is 0 Å². The molecular formula is C20H27NO3. The van der Waals surface area contributed by atoms with Crippen molar-refractivity contribution in [2.24, 2.45) is 17.3 Å². The number of fused-ring (bicyclic) bond motifs is 1. The number of benzene rings is 1. The normalized spacial score (nSPS) is 22.9. The van der Waals surface area contributed by atoms with Crippen LogP contribution < -0.4 is 14.8 Å². The van der Waals surface area contributed by atoms with Crippen LogP contribution in [-0.4, -0.2) is 12.7 Å². The quantitative estimate of drug-likeness (QED) is 0.807. The molecule has 1 aromatic rings. The van der Waals surface area contributed by atoms with E-state index in [1.807, 2.05) is 12.1 Å². The number of aryl methyl sites for hydroxylation is 1. The van der Waals surface area contributed by atoms with Crippen LogP contribution in [0.25, 0.3) is 0 Å². The minimum atomic E-state index is 0.0165. The van der Waals surface area contributed by atoms with Crippen LogP contribution in [-0.2, 0) is 11.2 Å². The first-order valence-corrected chi connectivity index (χ1v) is 8.73. The highest BCUT2D eigenvalue weighted by Crippen LogP contribution is 2.59. The molecule has 4 nitrogen and oxygen atoms in total. The standard InChI is InChI=1S/C20H27NO3/c1-6-7-13-9-16-17(24-11-23-16)10-15(13)21-19(22)18-14(8-12(2)3)20(18,4)5/h8-10,14,18H,6-7,11H2,1-5H3,(H,21,22)/t14-,18-/m1/s1. The zero-order valence-electron chi connectivity index (χ0n) is 15.2. The number of amides is 1. The van der Waals surface area contributed by atoms with E-state index in [0.29, 0.717) is 11.7 Å². The van der Waals surface area contributed by atoms with E-state index in [9.17, 15) is 4.79 Å². The van der Waals surface area contributed by atoms with Gasteiger partial charge in [0.15, 0.2) is 11.5 Å². The molecule has 1 saturated carbocycles. The predicted molar refractivity (Wildman–Crippen MR) is 95.4 cm³/mol. The SMILES string of the molecule is CCCc1cc2c(cc1NC(=O)[C@H]1[C@@H](C=C(C)C)C1(C)C)OCO2. The van der Waals surface area contributed by atoms with Gasteiger partial charge in [0.25, 0.3) is 0 Å². The summed E-state index contributed by atoms with van der Waals surface area (Å²) in [4.78, 5) is 12.8. The van der Waals surface area contributed by atoms with Gasteiger partial charge < -0.3 is 14.8 Å². The van der Waals surface area contributed by atoms with Gasteiger partial charge in [0.2, 0.25) is 12.7 Å². The van der Waals surface area contributed by atoms with E-state index in [1.165, 1.54) is 5.57 Å². The van der Waals surface area contributed by atoms with Crippen molar-refractivity contribution in [1.82, 2.24) is 0 Å². The minimum Gasteiger partial charge on any atom is -0.454 e. The maximum Gasteiger partial charge on any atom is 0.231 e. The molecule has 4 heteroatoms. The first-order valence-electron chi connectivity index (χ1n) is 8.73. The number of carbonyl (C=O) groups excluding carboxylic acids is 1. The molecule has 1 N–H and O–H groups in total. The number of hydrogen-bond acceptors (Lipinski definition) is 3. The Kier molecular flexibility index (Phi) is 4.33. The van der Waals surface area contributed by atoms with Gasteiger partial charge >= 0.3 is 0 Å². The van der Waals surface area contributed by atoms with Crippen molar-refractivity contribution in [3.8, 4) is 11.5 Å². The summed E-state index contributed by atoms with van der Waals surface area (Å²) in [6, 6.07) is 3.89. The number of nitrogens with one attached hydrogen (secondary N) is 1. The molecule has 0 spiro atoms. The average Bonchev–Trinajstić information content (AvgIpc) is 2.83. The van der Waals surface area contributed by atoms with Crippen molar-refractivity contribution in [1.29, 1.82) is 0 Å². The van der Waals surface area contributed by atoms with E-state index in [-0.39, 0.29) is 24.0 Å². The molecule has 2 aliphatic rings. The Hall–Kier alpha value is -1.97. The summed E-state index contributed by atoms with van der Waals surface area (Å²) in [6.07, 6.45) is 4.13. The Morgan fingerprint density at radius 1 is 1.29 bits per heavy atom. The molecule has 0 bridgehead atoms. The Morgan fingerprint density at radius 3 is 2.58 bits per heavy atom. The van der Waals surface area contributed by atoms with Gasteiger partial charge in [-0.15, -0.1) is 0 Å². The zero-order chi connectivity index (χ0) is 17.5. The molecule has 0 aromatic heterocycles. The van der Waals surface area contributed by atoms with Crippen LogP contribution in [0, 0.1) is 17.3 Å². The molecule has 1 heterocycles. The van der Waals surface area contributed by atoms with E-state index in [2.05, 4.69) is 46.0 Å². The molecule has 1 fully saturated rings. The monoisotopic (exact) mass is 329 g/mol. The number of hydrogen-bond donors (Lipinski definition) is 1. The van der Waals surface area contributed by atoms with Gasteiger partial charge in [-0.05, 0) is 43.2 Å². The van der Waals surface area contributed by atoms with Crippen LogP contribution in [0.2, 0.25) is 0 Å². The van der Waals surface area contributed by atoms with Crippen molar-refractivity contribution in [2.75, 3.05) is 12.1 Å². The number of rotatable bonds is 5. The Morgan fingerprint density at radius 2 is 1.96 bits per heavy atom. The zero-order valence-corrected chi connectivity index (χ0v) is 15.2. The lowest BCUT2D eigenvalue weighted by molar-refractivity contribution is -0.118. The number of anilines is 1. The van der Waals surface area contributed by atoms with Crippen LogP contribution in [0.5, 0.6) is 11.5 Å². The Bertz CT molecular complexity index is 686. The largest absolute Gasteiger partial charge is 0.454 e. The molecule has 24 heavy (non-hydrogen) atoms. The number of carbonyl (C=O) groups is 1. The first kappa shape index (κ1) is 16.9. The summed E-state index contributed by atoms with van der Waals surface area (Å²) < 4.78 is 10.9. The highest BCUT2D eigenvalue weighted by Gasteiger charge is 2.60. The van der Waals surface area contributed by atoms with Crippen LogP contribution in [0.4, 0.5) is 5.69 Å². The van der Waals surface area contributed by atoms with E-state index in [0.717, 1.165) is 29.8 Å². The highest BCUT2D eigenvalue weighted by molar-refractivity contribution is 5.96. The summed E-state index contributed by atoms with van der Waals surface area (Å²) in [5, 5.41) is 3.14. The average molecular weight is 329 g/mol. The smallest absolute Gasteiger partial charge is 0.231 e. The van der Waals surface area contributed by atoms with Gasteiger partial charge in [0.1, 0.15) is 0 Å². The van der Waals surface area contributed by atoms with Crippen LogP contribution in [0.15, 0.2) is 23.8 Å². The topological polar surface area (TPSA) is 47.6 Å². The van der Waals surface area contributed by atoms with Crippen molar-refractivity contribution < 1.29 is 14.3 Å². The summed E-state index contributed by atoms with van der Waals surface area (Å²) >= 11 is 0. The fraction of sp³-hybridized carbons (Fsp3) is 0.550. The first-order chi connectivity index (χ1) is 11.3. The molecule has 3 rings (SSSR count). The van der Waals surface area contributed by atoms with Gasteiger partial charge in [0, 0.05) is 11.8 Å². The van der Waals surface area contributed by atoms with Crippen LogP contribution in [0.1, 0.15) is 46.6 Å². The molecule has 0 saturated heterocycles. The molecule has 2 atom stereocenters. The highest BCUT2D eigenvalue weighted by atomic mass is 16.7. The van der Waals surface area contributed by atoms with E-state index in [4.69, 9.17) is 9.47 Å². The maximum absolute atomic E-state index is 12.8. The summed E-state index contributed by atoms with van der Waals surface area (Å²) in [7, 11) is 0. The van der Waals surface area contributed by atoms with Crippen molar-refractivity contribution in [3.05, 3.63) is 29.3 Å². The van der Waals surface area contributed by atoms with Crippen molar-refractivity contribution in [2.45, 2.75) is 47.5 Å². The summed E-state index contributed by atoms with van der Waals surface area (Å²) in [6.45, 7) is 10.9. The van der Waals surface area contributed by atoms with Crippen molar-refractivity contribution in [3.63, 3.8) is 0 Å². The third kappa shape index (κ3) is 3.02. The molecule has 130 valence electrons. The Balaban J connectivity index is 1.81. The molecule has 1 aromatic carbocycles. The van der Waals surface area contributed by atoms with Gasteiger partial charge in [-0.2, -0.15) is 0 Å². The lowest BCUT2D eigenvalue weighted by Crippen LogP contribution is -2.18. The van der Waals surface area contributed by atoms with Gasteiger partial charge in [0.05, 0.1) is 5.92 Å². The second kappa shape index (κ2) is 6.15. The summed E-state index contributed by atoms with van der Waals surface area (Å²) in [5.74, 6) is 1.91. The molecule has 1 aliphatic carbocycles. The maximum atomic E-state index is 12.8. The second-order valence-corrected chi connectivity index (χ2v) is 7.67. The molecule has 1 amide bonds. The minimum absolute atomic E-state index is 0.0165. The molecule has 1 aliphatic heterocycles. The molecule has 0 radical (unpaired) electrons. The van der Waals surface area contributed by atoms with Crippen LogP contribution in [0.3, 0.4) is 0 Å². The van der Waals surface area contributed by atoms with E-state index in [1.54, 1.807) is 0 Å². The lowest BCUT2D eigenvalue weighted by atomic mass is 10.1. The number of allylic oxidation sites excluding steroid dienone is 2. The lowest BCUT2D eigenvalue weighted by Gasteiger charge is -2.12. The third-order valence-corrected chi connectivity index (χ3v) is 5.08. The van der Waals surface area contributed by atoms with Crippen LogP contribution >= 0.6 is 0 Å².